The maximum Gasteiger partial charge on any atom is 0.326 e. The average Bonchev–Trinajstić information content (AvgIpc) is 3.29. The molecule has 12 nitrogen and oxygen atoms in total. The van der Waals surface area contributed by atoms with Crippen LogP contribution < -0.4 is 27.4 Å². The van der Waals surface area contributed by atoms with Crippen molar-refractivity contribution in [2.45, 2.75) is 37.4 Å². The third kappa shape index (κ3) is 7.90. The van der Waals surface area contributed by atoms with Crippen LogP contribution in [0.4, 0.5) is 0 Å². The Kier molecular flexibility index (Phi) is 9.54. The molecule has 200 valence electrons. The van der Waals surface area contributed by atoms with Crippen molar-refractivity contribution in [2.75, 3.05) is 6.54 Å². The summed E-state index contributed by atoms with van der Waals surface area (Å²) < 4.78 is 0. The van der Waals surface area contributed by atoms with Crippen molar-refractivity contribution in [2.24, 2.45) is 11.5 Å². The van der Waals surface area contributed by atoms with Crippen molar-refractivity contribution in [3.63, 3.8) is 0 Å². The molecule has 3 rings (SSSR count). The number of amides is 4. The smallest absolute Gasteiger partial charge is 0.326 e. The van der Waals surface area contributed by atoms with E-state index in [-0.39, 0.29) is 12.8 Å². The quantitative estimate of drug-likeness (QED) is 0.154. The summed E-state index contributed by atoms with van der Waals surface area (Å²) in [7, 11) is 0. The molecule has 0 spiro atoms. The van der Waals surface area contributed by atoms with Gasteiger partial charge in [-0.2, -0.15) is 0 Å². The van der Waals surface area contributed by atoms with Gasteiger partial charge in [0.15, 0.2) is 0 Å². The van der Waals surface area contributed by atoms with E-state index in [1.54, 1.807) is 36.5 Å². The number of benzene rings is 2. The summed E-state index contributed by atoms with van der Waals surface area (Å²) in [5.41, 5.74) is 12.9. The van der Waals surface area contributed by atoms with Crippen LogP contribution in [0.1, 0.15) is 17.5 Å². The van der Waals surface area contributed by atoms with E-state index >= 15 is 0 Å². The van der Waals surface area contributed by atoms with Gasteiger partial charge in [0.25, 0.3) is 0 Å². The summed E-state index contributed by atoms with van der Waals surface area (Å²) in [5, 5.41) is 17.9. The van der Waals surface area contributed by atoms with Gasteiger partial charge in [-0.25, -0.2) is 4.79 Å². The first kappa shape index (κ1) is 27.9. The molecule has 3 unspecified atom stereocenters. The largest absolute Gasteiger partial charge is 0.480 e. The second kappa shape index (κ2) is 13.0. The minimum Gasteiger partial charge on any atom is -0.480 e. The predicted molar refractivity (Wildman–Crippen MR) is 138 cm³/mol. The predicted octanol–water partition coefficient (Wildman–Crippen LogP) is -0.674. The summed E-state index contributed by atoms with van der Waals surface area (Å²) in [6.45, 7) is -0.519. The van der Waals surface area contributed by atoms with Crippen molar-refractivity contribution in [1.29, 1.82) is 0 Å². The van der Waals surface area contributed by atoms with Crippen LogP contribution in [0.15, 0.2) is 60.8 Å². The lowest BCUT2D eigenvalue weighted by Gasteiger charge is -2.22. The van der Waals surface area contributed by atoms with Crippen LogP contribution in [0.3, 0.4) is 0 Å². The highest BCUT2D eigenvalue weighted by molar-refractivity contribution is 5.94. The summed E-state index contributed by atoms with van der Waals surface area (Å²) in [6.07, 6.45) is 1.41. The van der Waals surface area contributed by atoms with E-state index in [1.165, 1.54) is 0 Å². The molecule has 38 heavy (non-hydrogen) atoms. The minimum absolute atomic E-state index is 0.0451. The number of fused-ring (bicyclic) bond motifs is 1. The molecule has 1 aromatic heterocycles. The third-order valence-electron chi connectivity index (χ3n) is 5.83. The minimum atomic E-state index is -1.24. The molecule has 12 heteroatoms. The lowest BCUT2D eigenvalue weighted by molar-refractivity contribution is -0.142. The zero-order valence-corrected chi connectivity index (χ0v) is 20.5. The normalized spacial score (nSPS) is 13.2. The second-order valence-electron chi connectivity index (χ2n) is 8.77. The number of carbonyl (C=O) groups is 5. The van der Waals surface area contributed by atoms with Crippen LogP contribution in [0.25, 0.3) is 10.9 Å². The van der Waals surface area contributed by atoms with E-state index in [2.05, 4.69) is 20.9 Å². The summed E-state index contributed by atoms with van der Waals surface area (Å²) in [6, 6.07) is 12.6. The number of primary amides is 1. The third-order valence-corrected chi connectivity index (χ3v) is 5.83. The van der Waals surface area contributed by atoms with Crippen LogP contribution in [0.2, 0.25) is 0 Å². The van der Waals surface area contributed by atoms with E-state index < -0.39 is 60.7 Å². The van der Waals surface area contributed by atoms with Gasteiger partial charge in [-0.05, 0) is 17.2 Å². The van der Waals surface area contributed by atoms with E-state index in [1.807, 2.05) is 24.3 Å². The van der Waals surface area contributed by atoms with Crippen molar-refractivity contribution in [3.05, 3.63) is 71.9 Å². The Morgan fingerprint density at radius 3 is 2.24 bits per heavy atom. The maximum absolute atomic E-state index is 13.3. The van der Waals surface area contributed by atoms with Gasteiger partial charge in [0.05, 0.1) is 19.0 Å². The highest BCUT2D eigenvalue weighted by Gasteiger charge is 2.28. The number of aromatic nitrogens is 1. The van der Waals surface area contributed by atoms with Gasteiger partial charge in [-0.15, -0.1) is 0 Å². The van der Waals surface area contributed by atoms with Gasteiger partial charge in [0, 0.05) is 29.9 Å². The monoisotopic (exact) mass is 522 g/mol. The fourth-order valence-corrected chi connectivity index (χ4v) is 3.91. The van der Waals surface area contributed by atoms with E-state index in [0.717, 1.165) is 16.5 Å². The number of carbonyl (C=O) groups excluding carboxylic acids is 4. The van der Waals surface area contributed by atoms with E-state index in [0.29, 0.717) is 5.56 Å². The number of aromatic amines is 1. The molecule has 4 amide bonds. The molecular formula is C26H30N6O6. The molecule has 1 heterocycles. The highest BCUT2D eigenvalue weighted by atomic mass is 16.4. The number of aliphatic carboxylic acids is 1. The summed E-state index contributed by atoms with van der Waals surface area (Å²) >= 11 is 0. The van der Waals surface area contributed by atoms with Crippen molar-refractivity contribution >= 4 is 40.5 Å². The zero-order chi connectivity index (χ0) is 27.7. The van der Waals surface area contributed by atoms with Gasteiger partial charge in [-0.1, -0.05) is 48.5 Å². The highest BCUT2D eigenvalue weighted by Crippen LogP contribution is 2.19. The number of nitrogens with two attached hydrogens (primary N) is 2. The fraction of sp³-hybridized carbons (Fsp3) is 0.269. The lowest BCUT2D eigenvalue weighted by atomic mass is 10.0. The van der Waals surface area contributed by atoms with Gasteiger partial charge >= 0.3 is 5.97 Å². The second-order valence-corrected chi connectivity index (χ2v) is 8.77. The number of para-hydroxylation sites is 1. The molecule has 0 saturated carbocycles. The molecule has 0 fully saturated rings. The molecule has 0 bridgehead atoms. The Hall–Kier alpha value is -4.71. The van der Waals surface area contributed by atoms with Crippen molar-refractivity contribution < 1.29 is 29.1 Å². The van der Waals surface area contributed by atoms with E-state index in [9.17, 15) is 29.1 Å². The molecule has 0 aliphatic carbocycles. The number of carboxylic acid groups (broad SMARTS) is 1. The maximum atomic E-state index is 13.3. The Labute approximate surface area is 218 Å². The number of H-pyrrole nitrogens is 1. The molecule has 0 saturated heterocycles. The number of hydrogen-bond donors (Lipinski definition) is 7. The molecule has 0 aliphatic rings. The molecule has 0 radical (unpaired) electrons. The Morgan fingerprint density at radius 2 is 1.55 bits per heavy atom. The van der Waals surface area contributed by atoms with Crippen LogP contribution >= 0.6 is 0 Å². The molecule has 3 aromatic rings. The summed E-state index contributed by atoms with van der Waals surface area (Å²) in [4.78, 5) is 63.9. The average molecular weight is 523 g/mol. The van der Waals surface area contributed by atoms with Crippen molar-refractivity contribution in [1.82, 2.24) is 20.9 Å². The molecule has 9 N–H and O–H groups in total. The SMILES string of the molecule is NC(=O)CC(N)C(=O)NCC(=O)NC(Cc1c[nH]c2ccccc12)C(=O)NC(Cc1ccccc1)C(=O)O. The van der Waals surface area contributed by atoms with Gasteiger partial charge < -0.3 is 37.5 Å². The molecule has 2 aromatic carbocycles. The lowest BCUT2D eigenvalue weighted by Crippen LogP contribution is -2.55. The number of hydrogen-bond acceptors (Lipinski definition) is 6. The fourth-order valence-electron chi connectivity index (χ4n) is 3.91. The molecule has 3 atom stereocenters. The summed E-state index contributed by atoms with van der Waals surface area (Å²) in [5.74, 6) is -4.17. The van der Waals surface area contributed by atoms with Crippen LogP contribution in [0.5, 0.6) is 0 Å². The van der Waals surface area contributed by atoms with Crippen molar-refractivity contribution in [3.8, 4) is 0 Å². The Balaban J connectivity index is 1.74. The first-order valence-electron chi connectivity index (χ1n) is 11.9. The molecular weight excluding hydrogens is 492 g/mol. The number of nitrogens with one attached hydrogen (secondary N) is 4. The standard InChI is InChI=1S/C26H30N6O6/c27-18(12-22(28)33)24(35)30-14-23(34)31-20(11-16-13-29-19-9-5-4-8-17(16)19)25(36)32-21(26(37)38)10-15-6-2-1-3-7-15/h1-9,13,18,20-21,29H,10-12,14,27H2,(H2,28,33)(H,30,35)(H,31,34)(H,32,36)(H,37,38). The topological polar surface area (TPSA) is 209 Å². The first-order valence-corrected chi connectivity index (χ1v) is 11.9. The number of carboxylic acids is 1. The zero-order valence-electron chi connectivity index (χ0n) is 20.5. The Bertz CT molecular complexity index is 1310. The van der Waals surface area contributed by atoms with Gasteiger partial charge in [0.2, 0.25) is 23.6 Å². The Morgan fingerprint density at radius 1 is 0.868 bits per heavy atom. The van der Waals surface area contributed by atoms with Gasteiger partial charge in [-0.3, -0.25) is 19.2 Å². The first-order chi connectivity index (χ1) is 18.1. The molecule has 0 aliphatic heterocycles. The van der Waals surface area contributed by atoms with Crippen LogP contribution in [-0.2, 0) is 36.8 Å². The number of rotatable bonds is 13. The van der Waals surface area contributed by atoms with Crippen LogP contribution in [0, 0.1) is 0 Å². The van der Waals surface area contributed by atoms with Gasteiger partial charge in [0.1, 0.15) is 12.1 Å². The van der Waals surface area contributed by atoms with E-state index in [4.69, 9.17) is 11.5 Å². The van der Waals surface area contributed by atoms with Crippen LogP contribution in [-0.4, -0.2) is 64.4 Å².